The molecular formula is C58H85N17O15. The maximum atomic E-state index is 14.4. The zero-order chi connectivity index (χ0) is 66.9. The molecule has 3 aromatic carbocycles. The van der Waals surface area contributed by atoms with E-state index in [1.165, 1.54) is 38.1 Å². The molecule has 0 spiro atoms. The van der Waals surface area contributed by atoms with E-state index >= 15 is 0 Å². The largest absolute Gasteiger partial charge is 0.508 e. The van der Waals surface area contributed by atoms with Gasteiger partial charge in [-0.1, -0.05) is 72.8 Å². The first-order valence-corrected chi connectivity index (χ1v) is 28.9. The van der Waals surface area contributed by atoms with E-state index in [0.717, 1.165) is 0 Å². The first-order chi connectivity index (χ1) is 42.7. The molecule has 0 saturated carbocycles. The Morgan fingerprint density at radius 1 is 0.478 bits per heavy atom. The van der Waals surface area contributed by atoms with Gasteiger partial charge in [0.1, 0.15) is 54.1 Å². The molecule has 90 heavy (non-hydrogen) atoms. The van der Waals surface area contributed by atoms with Crippen LogP contribution in [0.4, 0.5) is 0 Å². The maximum Gasteiger partial charge on any atom is 0.326 e. The first kappa shape index (κ1) is 74.3. The van der Waals surface area contributed by atoms with E-state index < -0.39 is 139 Å². The number of amides is 9. The Morgan fingerprint density at radius 3 is 1.40 bits per heavy atom. The number of benzene rings is 3. The van der Waals surface area contributed by atoms with Crippen molar-refractivity contribution in [2.45, 2.75) is 145 Å². The number of carbonyl (C=O) groups excluding carboxylic acids is 9. The molecule has 0 saturated heterocycles. The monoisotopic (exact) mass is 1260 g/mol. The molecule has 0 heterocycles. The van der Waals surface area contributed by atoms with Gasteiger partial charge in [-0.15, -0.1) is 0 Å². The molecule has 0 radical (unpaired) electrons. The second-order valence-corrected chi connectivity index (χ2v) is 21.1. The predicted molar refractivity (Wildman–Crippen MR) is 329 cm³/mol. The second kappa shape index (κ2) is 39.0. The smallest absolute Gasteiger partial charge is 0.326 e. The number of aliphatic carboxylic acids is 2. The Bertz CT molecular complexity index is 2930. The van der Waals surface area contributed by atoms with Crippen LogP contribution >= 0.6 is 0 Å². The number of carbonyl (C=O) groups is 11. The number of hydrogen-bond acceptors (Lipinski definition) is 17. The van der Waals surface area contributed by atoms with Crippen LogP contribution in [-0.2, 0) is 72.0 Å². The van der Waals surface area contributed by atoms with E-state index in [-0.39, 0.29) is 75.7 Å². The van der Waals surface area contributed by atoms with Crippen LogP contribution in [0.1, 0.15) is 81.9 Å². The average molecular weight is 1260 g/mol. The standard InChI is InChI=1S/C58H85N17O15/c1-32(48(81)71-40(56(89)90)18-9-10-24-59)68-51(84)41(27-34-13-5-3-6-14-34)72-53(86)42(29-36-20-22-37(77)23-21-36)73-54(87)44(30-46(79)80)69-45(78)31-67-50(83)39(19-12-26-66-58(63)64)70-52(85)43(28-35-15-7-4-8-16-35)74-55(88)47(33(2)76)75-49(82)38(60)17-11-25-65-57(61)62/h3-8,13-16,20-23,32-33,38-44,47,76-77H,9-12,17-19,24-31,59-60H2,1-2H3,(H,67,83)(H,68,84)(H,69,78)(H,70,85)(H,71,81)(H,72,86)(H,73,87)(H,74,88)(H,75,82)(H,79,80)(H,89,90)(H4,61,62,65)(H4,63,64,66)/t32-,33+,38-,39-,40-,41-,42-,43-,44-,47-/m0/s1. The summed E-state index contributed by atoms with van der Waals surface area (Å²) in [7, 11) is 0. The number of aliphatic hydroxyl groups is 1. The molecule has 3 rings (SSSR count). The van der Waals surface area contributed by atoms with Gasteiger partial charge in [-0.3, -0.25) is 57.9 Å². The summed E-state index contributed by atoms with van der Waals surface area (Å²) in [5, 5.41) is 62.3. The maximum absolute atomic E-state index is 14.4. The van der Waals surface area contributed by atoms with Crippen LogP contribution in [0.25, 0.3) is 0 Å². The Labute approximate surface area is 519 Å². The summed E-state index contributed by atoms with van der Waals surface area (Å²) < 4.78 is 0. The van der Waals surface area contributed by atoms with Crippen LogP contribution in [-0.4, -0.2) is 184 Å². The molecule has 0 aliphatic rings. The summed E-state index contributed by atoms with van der Waals surface area (Å²) in [5.41, 5.74) is 34.7. The predicted octanol–water partition coefficient (Wildman–Crippen LogP) is -5.06. The van der Waals surface area contributed by atoms with Crippen LogP contribution < -0.4 is 82.3 Å². The highest BCUT2D eigenvalue weighted by Crippen LogP contribution is 2.14. The van der Waals surface area contributed by atoms with Gasteiger partial charge in [0, 0.05) is 32.4 Å². The SMILES string of the molecule is C[C@H](NC(=O)[C@H](Cc1ccccc1)NC(=O)[C@H](Cc1ccc(O)cc1)NC(=O)[C@H](CC(=O)O)NC(=O)CNC(=O)[C@H](CCCN=C(N)N)NC(=O)[C@H](Cc1ccccc1)NC(=O)[C@@H](NC(=O)[C@@H](N)CCCN=C(N)N)[C@@H](C)O)C(=O)N[C@@H](CCCCN)C(=O)O. The van der Waals surface area contributed by atoms with Gasteiger partial charge in [-0.2, -0.15) is 0 Å². The number of rotatable bonds is 40. The Kier molecular flexibility index (Phi) is 32.2. The van der Waals surface area contributed by atoms with Gasteiger partial charge in [-0.05, 0) is 94.2 Å². The van der Waals surface area contributed by atoms with Crippen molar-refractivity contribution < 1.29 is 73.2 Å². The van der Waals surface area contributed by atoms with Gasteiger partial charge in [0.15, 0.2) is 11.9 Å². The zero-order valence-corrected chi connectivity index (χ0v) is 50.1. The summed E-state index contributed by atoms with van der Waals surface area (Å²) in [5.74, 6) is -12.4. The number of nitrogens with one attached hydrogen (secondary N) is 9. The first-order valence-electron chi connectivity index (χ1n) is 28.9. The van der Waals surface area contributed by atoms with E-state index in [1.807, 2.05) is 0 Å². The van der Waals surface area contributed by atoms with Gasteiger partial charge >= 0.3 is 11.9 Å². The molecule has 32 nitrogen and oxygen atoms in total. The van der Waals surface area contributed by atoms with E-state index in [9.17, 15) is 73.2 Å². The lowest BCUT2D eigenvalue weighted by Crippen LogP contribution is -2.60. The normalized spacial score (nSPS) is 14.2. The fraction of sp³-hybridized carbons (Fsp3) is 0.466. The molecule has 25 N–H and O–H groups in total. The highest BCUT2D eigenvalue weighted by atomic mass is 16.4. The van der Waals surface area contributed by atoms with Crippen molar-refractivity contribution >= 4 is 77.0 Å². The van der Waals surface area contributed by atoms with Crippen molar-refractivity contribution in [3.63, 3.8) is 0 Å². The van der Waals surface area contributed by atoms with E-state index in [1.54, 1.807) is 60.7 Å². The number of phenolic OH excluding ortho intramolecular Hbond substituents is 1. The highest BCUT2D eigenvalue weighted by Gasteiger charge is 2.35. The summed E-state index contributed by atoms with van der Waals surface area (Å²) >= 11 is 0. The molecule has 10 atom stereocenters. The highest BCUT2D eigenvalue weighted by molar-refractivity contribution is 5.99. The number of unbranched alkanes of at least 4 members (excludes halogenated alkanes) is 1. The Balaban J connectivity index is 1.88. The number of nitrogens with two attached hydrogens (primary N) is 6. The lowest BCUT2D eigenvalue weighted by atomic mass is 10.0. The summed E-state index contributed by atoms with van der Waals surface area (Å²) in [4.78, 5) is 157. The van der Waals surface area contributed by atoms with Crippen LogP contribution in [0.15, 0.2) is 94.9 Å². The fourth-order valence-electron chi connectivity index (χ4n) is 8.71. The number of phenols is 1. The molecular weight excluding hydrogens is 1170 g/mol. The number of carboxylic acids is 2. The lowest BCUT2D eigenvalue weighted by molar-refractivity contribution is -0.142. The average Bonchev–Trinajstić information content (AvgIpc) is 2.09. The van der Waals surface area contributed by atoms with Gasteiger partial charge in [0.25, 0.3) is 0 Å². The van der Waals surface area contributed by atoms with Crippen LogP contribution in [0, 0.1) is 0 Å². The number of guanidine groups is 2. The van der Waals surface area contributed by atoms with Gasteiger partial charge in [-0.25, -0.2) is 4.79 Å². The van der Waals surface area contributed by atoms with Gasteiger partial charge in [0.05, 0.1) is 25.1 Å². The molecule has 9 amide bonds. The summed E-state index contributed by atoms with van der Waals surface area (Å²) in [6.45, 7) is 2.01. The van der Waals surface area contributed by atoms with Crippen molar-refractivity contribution in [1.29, 1.82) is 0 Å². The number of aliphatic hydroxyl groups excluding tert-OH is 1. The number of aromatic hydroxyl groups is 1. The van der Waals surface area contributed by atoms with Crippen molar-refractivity contribution in [2.24, 2.45) is 44.4 Å². The third-order valence-corrected chi connectivity index (χ3v) is 13.6. The number of hydrogen-bond donors (Lipinski definition) is 19. The Morgan fingerprint density at radius 2 is 0.922 bits per heavy atom. The summed E-state index contributed by atoms with van der Waals surface area (Å²) in [6, 6.07) is 8.64. The molecule has 32 heteroatoms. The van der Waals surface area contributed by atoms with Gasteiger partial charge in [0.2, 0.25) is 53.2 Å². The van der Waals surface area contributed by atoms with Crippen LogP contribution in [0.2, 0.25) is 0 Å². The van der Waals surface area contributed by atoms with Gasteiger partial charge < -0.3 is 103 Å². The Hall–Kier alpha value is -9.95. The number of carboxylic acid groups (broad SMARTS) is 2. The minimum absolute atomic E-state index is 0.0392. The lowest BCUT2D eigenvalue weighted by Gasteiger charge is -2.27. The molecule has 0 aliphatic carbocycles. The molecule has 0 aromatic heterocycles. The van der Waals surface area contributed by atoms with Crippen LogP contribution in [0.5, 0.6) is 5.75 Å². The van der Waals surface area contributed by atoms with Crippen molar-refractivity contribution in [1.82, 2.24) is 47.9 Å². The van der Waals surface area contributed by atoms with E-state index in [4.69, 9.17) is 34.4 Å². The molecule has 0 unspecified atom stereocenters. The molecule has 3 aromatic rings. The second-order valence-electron chi connectivity index (χ2n) is 21.1. The topological polar surface area (TPSA) is 558 Å². The number of aliphatic imine (C=N–C) groups is 2. The molecule has 492 valence electrons. The van der Waals surface area contributed by atoms with E-state index in [2.05, 4.69) is 57.8 Å². The van der Waals surface area contributed by atoms with Crippen molar-refractivity contribution in [3.05, 3.63) is 102 Å². The quantitative estimate of drug-likeness (QED) is 0.0144. The number of nitrogens with zero attached hydrogens (tertiary/aromatic N) is 2. The van der Waals surface area contributed by atoms with Crippen molar-refractivity contribution in [2.75, 3.05) is 26.2 Å². The third kappa shape index (κ3) is 28.3. The molecule has 0 fully saturated rings. The third-order valence-electron chi connectivity index (χ3n) is 13.6. The minimum atomic E-state index is -1.94. The molecule has 0 bridgehead atoms. The van der Waals surface area contributed by atoms with Crippen molar-refractivity contribution in [3.8, 4) is 5.75 Å². The van der Waals surface area contributed by atoms with Crippen LogP contribution in [0.3, 0.4) is 0 Å². The van der Waals surface area contributed by atoms with E-state index in [0.29, 0.717) is 42.5 Å². The molecule has 0 aliphatic heterocycles. The summed E-state index contributed by atoms with van der Waals surface area (Å²) in [6.07, 6.45) is -2.07. The minimum Gasteiger partial charge on any atom is -0.508 e. The fourth-order valence-corrected chi connectivity index (χ4v) is 8.71. The zero-order valence-electron chi connectivity index (χ0n) is 50.1.